The number of rotatable bonds is 5. The van der Waals surface area contributed by atoms with Crippen molar-refractivity contribution in [2.75, 3.05) is 11.9 Å². The van der Waals surface area contributed by atoms with Crippen molar-refractivity contribution in [2.24, 2.45) is 5.10 Å². The molecule has 5 nitrogen and oxygen atoms in total. The first-order valence-electron chi connectivity index (χ1n) is 6.67. The topological polar surface area (TPSA) is 73.7 Å². The zero-order valence-corrected chi connectivity index (χ0v) is 12.8. The maximum absolute atomic E-state index is 11.8. The summed E-state index contributed by atoms with van der Waals surface area (Å²) in [5, 5.41) is 16.9. The summed E-state index contributed by atoms with van der Waals surface area (Å²) in [4.78, 5) is 11.8. The second-order valence-electron chi connectivity index (χ2n) is 4.62. The van der Waals surface area contributed by atoms with Gasteiger partial charge in [0.15, 0.2) is 0 Å². The van der Waals surface area contributed by atoms with Crippen LogP contribution in [0.1, 0.15) is 12.5 Å². The first kappa shape index (κ1) is 15.9. The summed E-state index contributed by atoms with van der Waals surface area (Å²) in [6.45, 7) is 1.80. The fraction of sp³-hybridized carbons (Fsp3) is 0.125. The first-order chi connectivity index (χ1) is 10.6. The zero-order valence-electron chi connectivity index (χ0n) is 12.0. The minimum atomic E-state index is -0.292. The number of hydrogen-bond acceptors (Lipinski definition) is 4. The Labute approximate surface area is 133 Å². The summed E-state index contributed by atoms with van der Waals surface area (Å²) in [5.41, 5.74) is 4.47. The Morgan fingerprint density at radius 3 is 2.73 bits per heavy atom. The number of phenols is 1. The molecule has 0 heterocycles. The average Bonchev–Trinajstić information content (AvgIpc) is 2.52. The van der Waals surface area contributed by atoms with E-state index in [4.69, 9.17) is 11.6 Å². The van der Waals surface area contributed by atoms with E-state index in [0.717, 1.165) is 5.56 Å². The van der Waals surface area contributed by atoms with Crippen molar-refractivity contribution >= 4 is 28.9 Å². The predicted molar refractivity (Wildman–Crippen MR) is 88.4 cm³/mol. The molecular weight excluding hydrogens is 302 g/mol. The Hall–Kier alpha value is -2.53. The van der Waals surface area contributed by atoms with Gasteiger partial charge in [0.2, 0.25) is 0 Å². The molecule has 0 atom stereocenters. The summed E-state index contributed by atoms with van der Waals surface area (Å²) in [7, 11) is 0. The molecule has 0 saturated carbocycles. The predicted octanol–water partition coefficient (Wildman–Crippen LogP) is 3.00. The third kappa shape index (κ3) is 4.49. The maximum Gasteiger partial charge on any atom is 0.259 e. The van der Waals surface area contributed by atoms with Crippen molar-refractivity contribution in [2.45, 2.75) is 6.92 Å². The molecule has 0 spiro atoms. The lowest BCUT2D eigenvalue weighted by molar-refractivity contribution is -0.119. The number of anilines is 1. The summed E-state index contributed by atoms with van der Waals surface area (Å²) in [5.74, 6) is -0.141. The SMILES string of the molecule is C/C(=N/NC(=O)CNc1ccccc1Cl)c1cccc(O)c1. The van der Waals surface area contributed by atoms with E-state index in [9.17, 15) is 9.90 Å². The smallest absolute Gasteiger partial charge is 0.259 e. The fourth-order valence-corrected chi connectivity index (χ4v) is 1.96. The summed E-state index contributed by atoms with van der Waals surface area (Å²) < 4.78 is 0. The largest absolute Gasteiger partial charge is 0.508 e. The van der Waals surface area contributed by atoms with Gasteiger partial charge in [0.1, 0.15) is 5.75 Å². The van der Waals surface area contributed by atoms with Crippen molar-refractivity contribution in [3.8, 4) is 5.75 Å². The van der Waals surface area contributed by atoms with E-state index in [0.29, 0.717) is 16.4 Å². The number of nitrogens with zero attached hydrogens (tertiary/aromatic N) is 1. The second-order valence-corrected chi connectivity index (χ2v) is 5.02. The highest BCUT2D eigenvalue weighted by Gasteiger charge is 2.04. The molecule has 0 unspecified atom stereocenters. The lowest BCUT2D eigenvalue weighted by Crippen LogP contribution is -2.26. The van der Waals surface area contributed by atoms with Gasteiger partial charge in [-0.1, -0.05) is 35.9 Å². The minimum Gasteiger partial charge on any atom is -0.508 e. The molecule has 0 fully saturated rings. The van der Waals surface area contributed by atoms with E-state index in [1.54, 1.807) is 43.3 Å². The standard InChI is InChI=1S/C16H16ClN3O2/c1-11(12-5-4-6-13(21)9-12)19-20-16(22)10-18-15-8-3-2-7-14(15)17/h2-9,18,21H,10H2,1H3,(H,20,22)/b19-11-. The number of halogens is 1. The van der Waals surface area contributed by atoms with E-state index in [-0.39, 0.29) is 18.2 Å². The van der Waals surface area contributed by atoms with Crippen LogP contribution in [0.25, 0.3) is 0 Å². The van der Waals surface area contributed by atoms with Gasteiger partial charge >= 0.3 is 0 Å². The van der Waals surface area contributed by atoms with Gasteiger partial charge < -0.3 is 10.4 Å². The van der Waals surface area contributed by atoms with Crippen molar-refractivity contribution in [3.05, 3.63) is 59.1 Å². The maximum atomic E-state index is 11.8. The van der Waals surface area contributed by atoms with Crippen molar-refractivity contribution in [3.63, 3.8) is 0 Å². The molecule has 0 radical (unpaired) electrons. The van der Waals surface area contributed by atoms with E-state index in [1.165, 1.54) is 0 Å². The van der Waals surface area contributed by atoms with E-state index in [2.05, 4.69) is 15.8 Å². The molecule has 2 rings (SSSR count). The average molecular weight is 318 g/mol. The lowest BCUT2D eigenvalue weighted by atomic mass is 10.1. The molecule has 6 heteroatoms. The molecule has 2 aromatic carbocycles. The number of carbonyl (C=O) groups excluding carboxylic acids is 1. The zero-order chi connectivity index (χ0) is 15.9. The second kappa shape index (κ2) is 7.47. The van der Waals surface area contributed by atoms with Crippen molar-refractivity contribution in [1.29, 1.82) is 0 Å². The van der Waals surface area contributed by atoms with Crippen LogP contribution in [-0.4, -0.2) is 23.3 Å². The number of aromatic hydroxyl groups is 1. The fourth-order valence-electron chi connectivity index (χ4n) is 1.76. The van der Waals surface area contributed by atoms with Crippen LogP contribution in [0, 0.1) is 0 Å². The highest BCUT2D eigenvalue weighted by Crippen LogP contribution is 2.19. The van der Waals surface area contributed by atoms with Gasteiger partial charge in [0, 0.05) is 5.56 Å². The van der Waals surface area contributed by atoms with Gasteiger partial charge in [-0.2, -0.15) is 5.10 Å². The monoisotopic (exact) mass is 317 g/mol. The van der Waals surface area contributed by atoms with Crippen LogP contribution in [-0.2, 0) is 4.79 Å². The molecule has 0 aliphatic heterocycles. The summed E-state index contributed by atoms with van der Waals surface area (Å²) >= 11 is 5.98. The van der Waals surface area contributed by atoms with Crippen LogP contribution in [0.4, 0.5) is 5.69 Å². The van der Waals surface area contributed by atoms with Gasteiger partial charge in [-0.05, 0) is 31.2 Å². The van der Waals surface area contributed by atoms with Crippen LogP contribution in [0.5, 0.6) is 5.75 Å². The van der Waals surface area contributed by atoms with Crippen LogP contribution in [0.2, 0.25) is 5.02 Å². The molecule has 0 aliphatic rings. The van der Waals surface area contributed by atoms with Gasteiger partial charge in [0.05, 0.1) is 23.0 Å². The molecule has 1 amide bonds. The third-order valence-corrected chi connectivity index (χ3v) is 3.26. The van der Waals surface area contributed by atoms with Gasteiger partial charge in [-0.15, -0.1) is 0 Å². The lowest BCUT2D eigenvalue weighted by Gasteiger charge is -2.07. The van der Waals surface area contributed by atoms with E-state index in [1.807, 2.05) is 12.1 Å². The number of para-hydroxylation sites is 1. The van der Waals surface area contributed by atoms with Gasteiger partial charge in [0.25, 0.3) is 5.91 Å². The number of benzene rings is 2. The summed E-state index contributed by atoms with van der Waals surface area (Å²) in [6.07, 6.45) is 0. The normalized spacial score (nSPS) is 11.1. The number of carbonyl (C=O) groups is 1. The number of hydrogen-bond donors (Lipinski definition) is 3. The Bertz CT molecular complexity index is 701. The van der Waals surface area contributed by atoms with Gasteiger partial charge in [-0.3, -0.25) is 4.79 Å². The molecule has 114 valence electrons. The minimum absolute atomic E-state index is 0.0561. The Balaban J connectivity index is 1.90. The third-order valence-electron chi connectivity index (χ3n) is 2.93. The van der Waals surface area contributed by atoms with Crippen LogP contribution in [0.15, 0.2) is 53.6 Å². The Morgan fingerprint density at radius 1 is 1.23 bits per heavy atom. The molecule has 2 aromatic rings. The Morgan fingerprint density at radius 2 is 2.00 bits per heavy atom. The van der Waals surface area contributed by atoms with Crippen LogP contribution in [0.3, 0.4) is 0 Å². The number of nitrogens with one attached hydrogen (secondary N) is 2. The molecule has 0 bridgehead atoms. The molecule has 3 N–H and O–H groups in total. The van der Waals surface area contributed by atoms with Crippen molar-refractivity contribution in [1.82, 2.24) is 5.43 Å². The highest BCUT2D eigenvalue weighted by atomic mass is 35.5. The summed E-state index contributed by atoms with van der Waals surface area (Å²) in [6, 6.07) is 13.8. The van der Waals surface area contributed by atoms with Crippen LogP contribution < -0.4 is 10.7 Å². The van der Waals surface area contributed by atoms with Gasteiger partial charge in [-0.25, -0.2) is 5.43 Å². The molecule has 22 heavy (non-hydrogen) atoms. The van der Waals surface area contributed by atoms with E-state index >= 15 is 0 Å². The molecule has 0 aromatic heterocycles. The number of hydrazone groups is 1. The number of phenolic OH excluding ortho intramolecular Hbond substituents is 1. The highest BCUT2D eigenvalue weighted by molar-refractivity contribution is 6.33. The first-order valence-corrected chi connectivity index (χ1v) is 7.05. The van der Waals surface area contributed by atoms with Crippen molar-refractivity contribution < 1.29 is 9.90 Å². The quantitative estimate of drug-likeness (QED) is 0.586. The van der Waals surface area contributed by atoms with Crippen LogP contribution >= 0.6 is 11.6 Å². The molecular formula is C16H16ClN3O2. The number of amides is 1. The van der Waals surface area contributed by atoms with E-state index < -0.39 is 0 Å². The molecule has 0 saturated heterocycles. The molecule has 0 aliphatic carbocycles. The Kier molecular flexibility index (Phi) is 5.38.